The average molecular weight is 252 g/mol. The van der Waals surface area contributed by atoms with Crippen LogP contribution in [0.2, 0.25) is 5.02 Å². The van der Waals surface area contributed by atoms with E-state index in [1.807, 2.05) is 19.1 Å². The van der Waals surface area contributed by atoms with Gasteiger partial charge in [-0.2, -0.15) is 4.98 Å². The van der Waals surface area contributed by atoms with Gasteiger partial charge in [0, 0.05) is 18.5 Å². The van der Waals surface area contributed by atoms with Gasteiger partial charge in [0.1, 0.15) is 0 Å². The molecular weight excluding hydrogens is 238 g/mol. The molecule has 0 aliphatic rings. The van der Waals surface area contributed by atoms with Crippen LogP contribution in [0.4, 0.5) is 0 Å². The van der Waals surface area contributed by atoms with Crippen LogP contribution < -0.4 is 5.32 Å². The molecule has 5 heteroatoms. The summed E-state index contributed by atoms with van der Waals surface area (Å²) >= 11 is 6.05. The van der Waals surface area contributed by atoms with E-state index in [1.54, 1.807) is 6.92 Å². The third kappa shape index (κ3) is 3.28. The van der Waals surface area contributed by atoms with Crippen LogP contribution in [0, 0.1) is 13.8 Å². The first-order chi connectivity index (χ1) is 8.15. The molecule has 2 rings (SSSR count). The summed E-state index contributed by atoms with van der Waals surface area (Å²) in [4.78, 5) is 4.11. The lowest BCUT2D eigenvalue weighted by Crippen LogP contribution is -2.13. The number of halogens is 1. The van der Waals surface area contributed by atoms with Gasteiger partial charge in [-0.1, -0.05) is 28.9 Å². The zero-order valence-electron chi connectivity index (χ0n) is 9.83. The molecule has 17 heavy (non-hydrogen) atoms. The fourth-order valence-corrected chi connectivity index (χ4v) is 1.68. The Balaban J connectivity index is 1.87. The summed E-state index contributed by atoms with van der Waals surface area (Å²) in [5.74, 6) is 1.25. The van der Waals surface area contributed by atoms with E-state index in [9.17, 15) is 0 Å². The zero-order chi connectivity index (χ0) is 12.3. The Kier molecular flexibility index (Phi) is 3.76. The van der Waals surface area contributed by atoms with Gasteiger partial charge in [-0.25, -0.2) is 0 Å². The maximum absolute atomic E-state index is 6.05. The lowest BCUT2D eigenvalue weighted by atomic mass is 10.1. The summed E-state index contributed by atoms with van der Waals surface area (Å²) < 4.78 is 4.88. The van der Waals surface area contributed by atoms with E-state index in [0.717, 1.165) is 22.7 Å². The zero-order valence-corrected chi connectivity index (χ0v) is 10.6. The Morgan fingerprint density at radius 3 is 2.76 bits per heavy atom. The summed E-state index contributed by atoms with van der Waals surface area (Å²) in [5, 5.41) is 7.83. The fraction of sp³-hybridized carbons (Fsp3) is 0.333. The Bertz CT molecular complexity index is 510. The third-order valence-electron chi connectivity index (χ3n) is 2.42. The number of hydrogen-bond donors (Lipinski definition) is 1. The molecule has 0 bridgehead atoms. The molecule has 90 valence electrons. The molecule has 0 spiro atoms. The highest BCUT2D eigenvalue weighted by Gasteiger charge is 2.02. The molecule has 0 amide bonds. The van der Waals surface area contributed by atoms with E-state index >= 15 is 0 Å². The van der Waals surface area contributed by atoms with Crippen molar-refractivity contribution in [2.24, 2.45) is 0 Å². The maximum atomic E-state index is 6.05. The first kappa shape index (κ1) is 12.1. The van der Waals surface area contributed by atoms with Gasteiger partial charge in [0.05, 0.1) is 6.54 Å². The van der Waals surface area contributed by atoms with Crippen molar-refractivity contribution < 1.29 is 4.52 Å². The lowest BCUT2D eigenvalue weighted by molar-refractivity contribution is 0.385. The number of hydrogen-bond acceptors (Lipinski definition) is 4. The van der Waals surface area contributed by atoms with Gasteiger partial charge in [-0.05, 0) is 24.1 Å². The first-order valence-corrected chi connectivity index (χ1v) is 5.78. The summed E-state index contributed by atoms with van der Waals surface area (Å²) in [6, 6.07) is 6.03. The number of nitrogens with zero attached hydrogens (tertiary/aromatic N) is 2. The summed E-state index contributed by atoms with van der Waals surface area (Å²) in [7, 11) is 0. The molecular formula is C12H14ClN3O. The molecule has 1 aromatic carbocycles. The fourth-order valence-electron chi connectivity index (χ4n) is 1.48. The van der Waals surface area contributed by atoms with Crippen molar-refractivity contribution in [2.45, 2.75) is 26.9 Å². The number of aromatic nitrogens is 2. The van der Waals surface area contributed by atoms with Crippen molar-refractivity contribution in [3.63, 3.8) is 0 Å². The SMILES string of the molecule is Cc1nc(CNCc2ccc(C)c(Cl)c2)no1. The minimum Gasteiger partial charge on any atom is -0.340 e. The molecule has 0 unspecified atom stereocenters. The topological polar surface area (TPSA) is 51.0 Å². The van der Waals surface area contributed by atoms with Crippen LogP contribution in [0.5, 0.6) is 0 Å². The van der Waals surface area contributed by atoms with E-state index < -0.39 is 0 Å². The van der Waals surface area contributed by atoms with E-state index in [-0.39, 0.29) is 0 Å². The maximum Gasteiger partial charge on any atom is 0.223 e. The monoisotopic (exact) mass is 251 g/mol. The smallest absolute Gasteiger partial charge is 0.223 e. The minimum absolute atomic E-state index is 0.584. The average Bonchev–Trinajstić information content (AvgIpc) is 2.70. The van der Waals surface area contributed by atoms with Gasteiger partial charge < -0.3 is 9.84 Å². The van der Waals surface area contributed by atoms with E-state index in [2.05, 4.69) is 21.5 Å². The Morgan fingerprint density at radius 1 is 1.29 bits per heavy atom. The molecule has 0 radical (unpaired) electrons. The second-order valence-corrected chi connectivity index (χ2v) is 4.32. The van der Waals surface area contributed by atoms with Gasteiger partial charge in [-0.3, -0.25) is 0 Å². The van der Waals surface area contributed by atoms with Crippen LogP contribution >= 0.6 is 11.6 Å². The second kappa shape index (κ2) is 5.29. The van der Waals surface area contributed by atoms with E-state index in [4.69, 9.17) is 16.1 Å². The van der Waals surface area contributed by atoms with Gasteiger partial charge >= 0.3 is 0 Å². The van der Waals surface area contributed by atoms with Crippen LogP contribution in [0.15, 0.2) is 22.7 Å². The van der Waals surface area contributed by atoms with Crippen molar-refractivity contribution in [3.8, 4) is 0 Å². The second-order valence-electron chi connectivity index (χ2n) is 3.92. The van der Waals surface area contributed by atoms with Crippen LogP contribution in [0.25, 0.3) is 0 Å². The van der Waals surface area contributed by atoms with Crippen LogP contribution in [0.1, 0.15) is 22.8 Å². The van der Waals surface area contributed by atoms with Gasteiger partial charge in [0.25, 0.3) is 0 Å². The highest BCUT2D eigenvalue weighted by Crippen LogP contribution is 2.16. The van der Waals surface area contributed by atoms with Crippen molar-refractivity contribution in [3.05, 3.63) is 46.1 Å². The predicted molar refractivity (Wildman–Crippen MR) is 65.8 cm³/mol. The molecule has 2 aromatic rings. The molecule has 4 nitrogen and oxygen atoms in total. The minimum atomic E-state index is 0.584. The predicted octanol–water partition coefficient (Wildman–Crippen LogP) is 2.63. The summed E-state index contributed by atoms with van der Waals surface area (Å²) in [6.45, 7) is 5.08. The van der Waals surface area contributed by atoms with Crippen LogP contribution in [-0.2, 0) is 13.1 Å². The van der Waals surface area contributed by atoms with Crippen LogP contribution in [-0.4, -0.2) is 10.1 Å². The molecule has 1 heterocycles. The molecule has 0 fully saturated rings. The first-order valence-electron chi connectivity index (χ1n) is 5.40. The van der Waals surface area contributed by atoms with Crippen molar-refractivity contribution in [1.82, 2.24) is 15.5 Å². The van der Waals surface area contributed by atoms with Gasteiger partial charge in [0.2, 0.25) is 5.89 Å². The number of benzene rings is 1. The largest absolute Gasteiger partial charge is 0.340 e. The summed E-state index contributed by atoms with van der Waals surface area (Å²) in [6.07, 6.45) is 0. The highest BCUT2D eigenvalue weighted by molar-refractivity contribution is 6.31. The lowest BCUT2D eigenvalue weighted by Gasteiger charge is -2.04. The standard InChI is InChI=1S/C12H14ClN3O/c1-8-3-4-10(5-11(8)13)6-14-7-12-15-9(2)17-16-12/h3-5,14H,6-7H2,1-2H3. The molecule has 0 atom stereocenters. The quantitative estimate of drug-likeness (QED) is 0.908. The number of rotatable bonds is 4. The Hall–Kier alpha value is -1.39. The van der Waals surface area contributed by atoms with E-state index in [1.165, 1.54) is 0 Å². The number of aryl methyl sites for hydroxylation is 2. The van der Waals surface area contributed by atoms with Crippen molar-refractivity contribution >= 4 is 11.6 Å². The van der Waals surface area contributed by atoms with E-state index in [0.29, 0.717) is 18.3 Å². The molecule has 0 saturated carbocycles. The molecule has 1 N–H and O–H groups in total. The normalized spacial score (nSPS) is 10.8. The van der Waals surface area contributed by atoms with Crippen molar-refractivity contribution in [1.29, 1.82) is 0 Å². The van der Waals surface area contributed by atoms with Gasteiger partial charge in [0.15, 0.2) is 5.82 Å². The Labute approximate surface area is 105 Å². The van der Waals surface area contributed by atoms with Crippen LogP contribution in [0.3, 0.4) is 0 Å². The molecule has 0 aliphatic carbocycles. The molecule has 0 saturated heterocycles. The summed E-state index contributed by atoms with van der Waals surface area (Å²) in [5.41, 5.74) is 2.23. The van der Waals surface area contributed by atoms with Gasteiger partial charge in [-0.15, -0.1) is 0 Å². The number of nitrogens with one attached hydrogen (secondary N) is 1. The highest BCUT2D eigenvalue weighted by atomic mass is 35.5. The molecule has 1 aromatic heterocycles. The Morgan fingerprint density at radius 2 is 2.12 bits per heavy atom. The third-order valence-corrected chi connectivity index (χ3v) is 2.83. The molecule has 0 aliphatic heterocycles. The van der Waals surface area contributed by atoms with Crippen molar-refractivity contribution in [2.75, 3.05) is 0 Å².